The standard InChI is InChI=1S/C27H28N4/c1-4-10-23(11-5-1)26(24-12-6-2-7-13-24)30-16-18-31(19-17-30)27(20-28-22-29-21-27)25-14-8-3-9-15-25/h1-15,20,22,26H,16-19,21H2. The highest BCUT2D eigenvalue weighted by molar-refractivity contribution is 5.83. The summed E-state index contributed by atoms with van der Waals surface area (Å²) in [5.41, 5.74) is 3.72. The highest BCUT2D eigenvalue weighted by Crippen LogP contribution is 2.34. The molecule has 0 radical (unpaired) electrons. The average Bonchev–Trinajstić information content (AvgIpc) is 2.87. The van der Waals surface area contributed by atoms with Crippen molar-refractivity contribution in [3.63, 3.8) is 0 Å². The number of piperazine rings is 1. The molecule has 2 aliphatic heterocycles. The van der Waals surface area contributed by atoms with E-state index in [1.165, 1.54) is 16.7 Å². The molecule has 1 saturated heterocycles. The Morgan fingerprint density at radius 2 is 1.23 bits per heavy atom. The van der Waals surface area contributed by atoms with Gasteiger partial charge < -0.3 is 0 Å². The summed E-state index contributed by atoms with van der Waals surface area (Å²) in [6.07, 6.45) is 3.77. The Hall–Kier alpha value is -3.08. The summed E-state index contributed by atoms with van der Waals surface area (Å²) in [6.45, 7) is 4.68. The lowest BCUT2D eigenvalue weighted by Crippen LogP contribution is -2.58. The smallest absolute Gasteiger partial charge is 0.109 e. The second-order valence-electron chi connectivity index (χ2n) is 8.27. The predicted octanol–water partition coefficient (Wildman–Crippen LogP) is 4.40. The maximum atomic E-state index is 4.55. The second kappa shape index (κ2) is 8.96. The van der Waals surface area contributed by atoms with Crippen LogP contribution in [0.25, 0.3) is 0 Å². The van der Waals surface area contributed by atoms with E-state index in [4.69, 9.17) is 0 Å². The van der Waals surface area contributed by atoms with Gasteiger partial charge in [0.05, 0.1) is 12.6 Å². The fraction of sp³-hybridized carbons (Fsp3) is 0.259. The maximum absolute atomic E-state index is 4.55. The lowest BCUT2D eigenvalue weighted by atomic mass is 9.87. The van der Waals surface area contributed by atoms with Crippen molar-refractivity contribution in [1.29, 1.82) is 0 Å². The van der Waals surface area contributed by atoms with Crippen molar-refractivity contribution in [2.45, 2.75) is 11.6 Å². The van der Waals surface area contributed by atoms with Gasteiger partial charge in [-0.3, -0.25) is 14.8 Å². The highest BCUT2D eigenvalue weighted by Gasteiger charge is 2.40. The summed E-state index contributed by atoms with van der Waals surface area (Å²) in [5.74, 6) is 0. The third-order valence-corrected chi connectivity index (χ3v) is 6.52. The Morgan fingerprint density at radius 3 is 1.74 bits per heavy atom. The first-order valence-corrected chi connectivity index (χ1v) is 11.0. The summed E-state index contributed by atoms with van der Waals surface area (Å²) in [7, 11) is 0. The van der Waals surface area contributed by atoms with E-state index in [1.807, 2.05) is 0 Å². The minimum Gasteiger partial charge on any atom is -0.290 e. The molecule has 0 N–H and O–H groups in total. The first-order chi connectivity index (χ1) is 15.4. The monoisotopic (exact) mass is 408 g/mol. The van der Waals surface area contributed by atoms with Crippen LogP contribution in [0.15, 0.2) is 101 Å². The van der Waals surface area contributed by atoms with Gasteiger partial charge in [-0.1, -0.05) is 91.0 Å². The molecule has 0 saturated carbocycles. The van der Waals surface area contributed by atoms with Gasteiger partial charge in [0.15, 0.2) is 0 Å². The number of nitrogens with zero attached hydrogens (tertiary/aromatic N) is 4. The SMILES string of the molecule is C1=NC=NCC1(c1ccccc1)N1CCN(C(c2ccccc2)c2ccccc2)CC1. The van der Waals surface area contributed by atoms with Crippen molar-refractivity contribution in [1.82, 2.24) is 9.80 Å². The third kappa shape index (κ3) is 3.97. The number of benzene rings is 3. The number of hydrogen-bond donors (Lipinski definition) is 0. The van der Waals surface area contributed by atoms with E-state index in [0.29, 0.717) is 0 Å². The topological polar surface area (TPSA) is 31.2 Å². The van der Waals surface area contributed by atoms with E-state index >= 15 is 0 Å². The summed E-state index contributed by atoms with van der Waals surface area (Å²) in [5, 5.41) is 0. The van der Waals surface area contributed by atoms with Crippen LogP contribution in [0.3, 0.4) is 0 Å². The van der Waals surface area contributed by atoms with Crippen molar-refractivity contribution in [2.75, 3.05) is 32.7 Å². The fourth-order valence-electron chi connectivity index (χ4n) is 4.95. The molecular formula is C27H28N4. The molecule has 2 aliphatic rings. The van der Waals surface area contributed by atoms with Gasteiger partial charge in [-0.25, -0.2) is 4.99 Å². The van der Waals surface area contributed by atoms with Gasteiger partial charge in [-0.05, 0) is 16.7 Å². The van der Waals surface area contributed by atoms with Gasteiger partial charge in [-0.2, -0.15) is 0 Å². The Morgan fingerprint density at radius 1 is 0.677 bits per heavy atom. The van der Waals surface area contributed by atoms with E-state index in [1.54, 1.807) is 6.34 Å². The van der Waals surface area contributed by atoms with Crippen LogP contribution in [0, 0.1) is 0 Å². The lowest BCUT2D eigenvalue weighted by molar-refractivity contribution is 0.0590. The first-order valence-electron chi connectivity index (χ1n) is 11.0. The predicted molar refractivity (Wildman–Crippen MR) is 128 cm³/mol. The molecule has 31 heavy (non-hydrogen) atoms. The van der Waals surface area contributed by atoms with Crippen molar-refractivity contribution in [2.24, 2.45) is 9.98 Å². The average molecular weight is 409 g/mol. The molecule has 1 atom stereocenters. The van der Waals surface area contributed by atoms with Gasteiger partial charge in [0.2, 0.25) is 0 Å². The van der Waals surface area contributed by atoms with Crippen LogP contribution in [0.5, 0.6) is 0 Å². The van der Waals surface area contributed by atoms with Gasteiger partial charge >= 0.3 is 0 Å². The summed E-state index contributed by atoms with van der Waals surface area (Å²) < 4.78 is 0. The second-order valence-corrected chi connectivity index (χ2v) is 8.27. The number of hydrogen-bond acceptors (Lipinski definition) is 4. The number of aliphatic imine (C=N–C) groups is 2. The molecule has 0 aliphatic carbocycles. The normalized spacial score (nSPS) is 22.1. The van der Waals surface area contributed by atoms with E-state index in [9.17, 15) is 0 Å². The van der Waals surface area contributed by atoms with E-state index in [-0.39, 0.29) is 11.6 Å². The minimum atomic E-state index is -0.253. The van der Waals surface area contributed by atoms with Gasteiger partial charge in [0.1, 0.15) is 11.9 Å². The molecule has 4 heteroatoms. The largest absolute Gasteiger partial charge is 0.290 e. The molecule has 0 aromatic heterocycles. The Balaban J connectivity index is 1.41. The minimum absolute atomic E-state index is 0.253. The van der Waals surface area contributed by atoms with Crippen LogP contribution >= 0.6 is 0 Å². The zero-order valence-electron chi connectivity index (χ0n) is 17.7. The van der Waals surface area contributed by atoms with Crippen LogP contribution in [0.2, 0.25) is 0 Å². The van der Waals surface area contributed by atoms with E-state index in [2.05, 4.69) is 117 Å². The van der Waals surface area contributed by atoms with E-state index < -0.39 is 0 Å². The van der Waals surface area contributed by atoms with Crippen LogP contribution in [0.1, 0.15) is 22.7 Å². The maximum Gasteiger partial charge on any atom is 0.109 e. The molecule has 4 nitrogen and oxygen atoms in total. The van der Waals surface area contributed by atoms with Gasteiger partial charge in [0.25, 0.3) is 0 Å². The summed E-state index contributed by atoms with van der Waals surface area (Å²) in [4.78, 5) is 14.2. The van der Waals surface area contributed by atoms with Crippen molar-refractivity contribution >= 4 is 12.6 Å². The molecule has 3 aromatic rings. The Kier molecular flexibility index (Phi) is 5.74. The van der Waals surface area contributed by atoms with Crippen LogP contribution in [-0.2, 0) is 5.54 Å². The quantitative estimate of drug-likeness (QED) is 0.627. The molecule has 5 rings (SSSR count). The molecule has 2 heterocycles. The zero-order chi connectivity index (χ0) is 20.9. The molecule has 3 aromatic carbocycles. The molecule has 1 unspecified atom stereocenters. The molecule has 156 valence electrons. The van der Waals surface area contributed by atoms with Crippen molar-refractivity contribution in [3.8, 4) is 0 Å². The van der Waals surface area contributed by atoms with Crippen LogP contribution in [-0.4, -0.2) is 55.1 Å². The molecule has 0 spiro atoms. The summed E-state index contributed by atoms with van der Waals surface area (Å²) in [6, 6.07) is 32.7. The molecule has 0 bridgehead atoms. The Bertz CT molecular complexity index is 985. The molecule has 0 amide bonds. The van der Waals surface area contributed by atoms with Crippen LogP contribution < -0.4 is 0 Å². The lowest BCUT2D eigenvalue weighted by Gasteiger charge is -2.47. The van der Waals surface area contributed by atoms with Crippen LogP contribution in [0.4, 0.5) is 0 Å². The first kappa shape index (κ1) is 19.9. The Labute approximate surface area is 184 Å². The fourth-order valence-corrected chi connectivity index (χ4v) is 4.95. The zero-order valence-corrected chi connectivity index (χ0v) is 17.7. The van der Waals surface area contributed by atoms with Crippen molar-refractivity contribution < 1.29 is 0 Å². The molecule has 1 fully saturated rings. The molecular weight excluding hydrogens is 380 g/mol. The summed E-state index contributed by atoms with van der Waals surface area (Å²) >= 11 is 0. The van der Waals surface area contributed by atoms with Crippen molar-refractivity contribution in [3.05, 3.63) is 108 Å². The third-order valence-electron chi connectivity index (χ3n) is 6.52. The number of rotatable bonds is 5. The van der Waals surface area contributed by atoms with E-state index in [0.717, 1.165) is 32.7 Å². The van der Waals surface area contributed by atoms with Gasteiger partial charge in [0, 0.05) is 32.4 Å². The highest BCUT2D eigenvalue weighted by atomic mass is 15.3. The van der Waals surface area contributed by atoms with Gasteiger partial charge in [-0.15, -0.1) is 0 Å².